The van der Waals surface area contributed by atoms with Crippen molar-refractivity contribution < 1.29 is 14.3 Å². The van der Waals surface area contributed by atoms with Crippen molar-refractivity contribution in [3.8, 4) is 5.75 Å². The van der Waals surface area contributed by atoms with Crippen molar-refractivity contribution >= 4 is 28.5 Å². The topological polar surface area (TPSA) is 76.5 Å². The molecule has 0 unspecified atom stereocenters. The predicted octanol–water partition coefficient (Wildman–Crippen LogP) is 3.34. The van der Waals surface area contributed by atoms with Gasteiger partial charge in [-0.25, -0.2) is 4.98 Å². The van der Waals surface area contributed by atoms with Gasteiger partial charge >= 0.3 is 0 Å². The maximum Gasteiger partial charge on any atom is 0.262 e. The second-order valence-corrected chi connectivity index (χ2v) is 8.08. The molecule has 0 fully saturated rings. The summed E-state index contributed by atoms with van der Waals surface area (Å²) >= 11 is 0. The number of aromatic nitrogens is 2. The molecule has 7 nitrogen and oxygen atoms in total. The molecule has 0 spiro atoms. The van der Waals surface area contributed by atoms with Gasteiger partial charge in [0.25, 0.3) is 11.8 Å². The number of ether oxygens (including phenoxy) is 1. The molecule has 7 heteroatoms. The quantitative estimate of drug-likeness (QED) is 0.517. The highest BCUT2D eigenvalue weighted by Gasteiger charge is 2.34. The SMILES string of the molecule is Cn1cnc2cc(C(=O)N3C[C@@H](C(=O)NCCc4ccccc4)Oc4ccccc43)ccc21. The van der Waals surface area contributed by atoms with E-state index >= 15 is 0 Å². The summed E-state index contributed by atoms with van der Waals surface area (Å²) in [5, 5.41) is 2.94. The van der Waals surface area contributed by atoms with Gasteiger partial charge in [0.05, 0.1) is 29.6 Å². The number of para-hydroxylation sites is 2. The molecule has 1 atom stereocenters. The number of fused-ring (bicyclic) bond motifs is 2. The average Bonchev–Trinajstić information content (AvgIpc) is 3.23. The van der Waals surface area contributed by atoms with E-state index in [-0.39, 0.29) is 18.4 Å². The van der Waals surface area contributed by atoms with E-state index in [9.17, 15) is 9.59 Å². The highest BCUT2D eigenvalue weighted by Crippen LogP contribution is 2.34. The lowest BCUT2D eigenvalue weighted by molar-refractivity contribution is -0.127. The van der Waals surface area contributed by atoms with Crippen molar-refractivity contribution in [2.24, 2.45) is 7.05 Å². The molecule has 166 valence electrons. The number of carbonyl (C=O) groups is 2. The first-order chi connectivity index (χ1) is 16.1. The Morgan fingerprint density at radius 1 is 1.06 bits per heavy atom. The lowest BCUT2D eigenvalue weighted by Crippen LogP contribution is -2.51. The summed E-state index contributed by atoms with van der Waals surface area (Å²) in [6.45, 7) is 0.627. The van der Waals surface area contributed by atoms with Crippen molar-refractivity contribution in [3.63, 3.8) is 0 Å². The largest absolute Gasteiger partial charge is 0.477 e. The minimum Gasteiger partial charge on any atom is -0.477 e. The maximum absolute atomic E-state index is 13.5. The standard InChI is InChI=1S/C26H24N4O3/c1-29-17-28-20-15-19(11-12-21(20)29)26(32)30-16-24(33-23-10-6-5-9-22(23)30)25(31)27-14-13-18-7-3-2-4-8-18/h2-12,15,17,24H,13-14,16H2,1H3,(H,27,31)/t24-/m0/s1. The number of nitrogens with one attached hydrogen (secondary N) is 1. The number of anilines is 1. The number of amides is 2. The lowest BCUT2D eigenvalue weighted by atomic mass is 10.1. The smallest absolute Gasteiger partial charge is 0.262 e. The summed E-state index contributed by atoms with van der Waals surface area (Å²) in [5.74, 6) is 0.0815. The number of benzene rings is 3. The summed E-state index contributed by atoms with van der Waals surface area (Å²) in [6, 6.07) is 22.7. The molecule has 1 aromatic heterocycles. The molecule has 1 N–H and O–H groups in total. The molecule has 0 bridgehead atoms. The number of imidazole rings is 1. The highest BCUT2D eigenvalue weighted by atomic mass is 16.5. The first-order valence-corrected chi connectivity index (χ1v) is 10.9. The third kappa shape index (κ3) is 4.17. The average molecular weight is 441 g/mol. The molecule has 2 amide bonds. The zero-order chi connectivity index (χ0) is 22.8. The highest BCUT2D eigenvalue weighted by molar-refractivity contribution is 6.09. The number of hydrogen-bond donors (Lipinski definition) is 1. The van der Waals surface area contributed by atoms with Crippen molar-refractivity contribution in [1.29, 1.82) is 0 Å². The van der Waals surface area contributed by atoms with Crippen molar-refractivity contribution in [3.05, 3.63) is 90.3 Å². The van der Waals surface area contributed by atoms with Crippen LogP contribution in [0.25, 0.3) is 11.0 Å². The molecule has 33 heavy (non-hydrogen) atoms. The van der Waals surface area contributed by atoms with Gasteiger partial charge in [-0.15, -0.1) is 0 Å². The van der Waals surface area contributed by atoms with Crippen LogP contribution in [0.2, 0.25) is 0 Å². The van der Waals surface area contributed by atoms with Gasteiger partial charge in [-0.1, -0.05) is 42.5 Å². The molecular weight excluding hydrogens is 416 g/mol. The monoisotopic (exact) mass is 440 g/mol. The summed E-state index contributed by atoms with van der Waals surface area (Å²) in [6.07, 6.45) is 1.65. The molecule has 2 heterocycles. The first kappa shape index (κ1) is 20.8. The Morgan fingerprint density at radius 2 is 1.85 bits per heavy atom. The molecule has 1 aliphatic rings. The molecular formula is C26H24N4O3. The summed E-state index contributed by atoms with van der Waals surface area (Å²) in [5.41, 5.74) is 4.01. The Morgan fingerprint density at radius 3 is 2.70 bits per heavy atom. The fourth-order valence-electron chi connectivity index (χ4n) is 4.08. The number of aryl methyl sites for hydroxylation is 1. The molecule has 0 saturated heterocycles. The fraction of sp³-hybridized carbons (Fsp3) is 0.192. The number of hydrogen-bond acceptors (Lipinski definition) is 4. The van der Waals surface area contributed by atoms with E-state index in [1.165, 1.54) is 0 Å². The maximum atomic E-state index is 13.5. The van der Waals surface area contributed by atoms with E-state index in [1.807, 2.05) is 66.2 Å². The van der Waals surface area contributed by atoms with E-state index in [0.29, 0.717) is 23.5 Å². The number of nitrogens with zero attached hydrogens (tertiary/aromatic N) is 3. The van der Waals surface area contributed by atoms with E-state index < -0.39 is 6.10 Å². The van der Waals surface area contributed by atoms with Crippen LogP contribution in [0.3, 0.4) is 0 Å². The summed E-state index contributed by atoms with van der Waals surface area (Å²) in [4.78, 5) is 32.3. The van der Waals surface area contributed by atoms with Crippen molar-refractivity contribution in [2.75, 3.05) is 18.0 Å². The lowest BCUT2D eigenvalue weighted by Gasteiger charge is -2.34. The van der Waals surface area contributed by atoms with Crippen LogP contribution in [0.15, 0.2) is 79.1 Å². The van der Waals surface area contributed by atoms with Gasteiger partial charge in [0.2, 0.25) is 0 Å². The van der Waals surface area contributed by atoms with Gasteiger partial charge in [0.15, 0.2) is 6.10 Å². The minimum absolute atomic E-state index is 0.132. The van der Waals surface area contributed by atoms with Crippen LogP contribution >= 0.6 is 0 Å². The van der Waals surface area contributed by atoms with Gasteiger partial charge in [-0.3, -0.25) is 9.59 Å². The Hall–Kier alpha value is -4.13. The van der Waals surface area contributed by atoms with E-state index in [0.717, 1.165) is 23.0 Å². The van der Waals surface area contributed by atoms with Crippen LogP contribution < -0.4 is 15.0 Å². The second-order valence-electron chi connectivity index (χ2n) is 8.08. The molecule has 4 aromatic rings. The second kappa shape index (κ2) is 8.78. The third-order valence-electron chi connectivity index (χ3n) is 5.84. The zero-order valence-electron chi connectivity index (χ0n) is 18.3. The van der Waals surface area contributed by atoms with Gasteiger partial charge in [0, 0.05) is 19.2 Å². The molecule has 3 aromatic carbocycles. The molecule has 0 saturated carbocycles. The predicted molar refractivity (Wildman–Crippen MR) is 126 cm³/mol. The first-order valence-electron chi connectivity index (χ1n) is 10.9. The van der Waals surface area contributed by atoms with Crippen LogP contribution in [-0.4, -0.2) is 40.6 Å². The molecule has 0 aliphatic carbocycles. The van der Waals surface area contributed by atoms with Crippen LogP contribution in [0.5, 0.6) is 5.75 Å². The molecule has 1 aliphatic heterocycles. The Bertz CT molecular complexity index is 1320. The van der Waals surface area contributed by atoms with Crippen LogP contribution in [0.4, 0.5) is 5.69 Å². The Balaban J connectivity index is 1.35. The molecule has 0 radical (unpaired) electrons. The Kier molecular flexibility index (Phi) is 5.52. The number of carbonyl (C=O) groups excluding carboxylic acids is 2. The van der Waals surface area contributed by atoms with E-state index in [4.69, 9.17) is 4.74 Å². The fourth-order valence-corrected chi connectivity index (χ4v) is 4.08. The van der Waals surface area contributed by atoms with Crippen molar-refractivity contribution in [1.82, 2.24) is 14.9 Å². The van der Waals surface area contributed by atoms with Gasteiger partial charge in [0.1, 0.15) is 5.75 Å². The Labute approximate surface area is 191 Å². The van der Waals surface area contributed by atoms with Crippen LogP contribution in [-0.2, 0) is 18.3 Å². The number of rotatable bonds is 5. The van der Waals surface area contributed by atoms with Gasteiger partial charge in [-0.2, -0.15) is 0 Å². The van der Waals surface area contributed by atoms with Crippen molar-refractivity contribution in [2.45, 2.75) is 12.5 Å². The van der Waals surface area contributed by atoms with Crippen LogP contribution in [0, 0.1) is 0 Å². The summed E-state index contributed by atoms with van der Waals surface area (Å²) in [7, 11) is 1.91. The van der Waals surface area contributed by atoms with Gasteiger partial charge < -0.3 is 19.5 Å². The van der Waals surface area contributed by atoms with E-state index in [1.54, 1.807) is 29.4 Å². The normalized spacial score (nSPS) is 15.1. The van der Waals surface area contributed by atoms with E-state index in [2.05, 4.69) is 10.3 Å². The summed E-state index contributed by atoms with van der Waals surface area (Å²) < 4.78 is 7.87. The van der Waals surface area contributed by atoms with Gasteiger partial charge in [-0.05, 0) is 42.3 Å². The third-order valence-corrected chi connectivity index (χ3v) is 5.84. The zero-order valence-corrected chi connectivity index (χ0v) is 18.3. The minimum atomic E-state index is -0.793. The van der Waals surface area contributed by atoms with Crippen LogP contribution in [0.1, 0.15) is 15.9 Å². The molecule has 5 rings (SSSR count).